The Morgan fingerprint density at radius 2 is 1.61 bits per heavy atom. The molecule has 1 atom stereocenters. The average Bonchev–Trinajstić information content (AvgIpc) is 3.81. The minimum atomic E-state index is -0.369. The third kappa shape index (κ3) is 3.90. The highest BCUT2D eigenvalue weighted by atomic mass is 16.2. The predicted octanol–water partition coefficient (Wildman–Crippen LogP) is 3.19. The summed E-state index contributed by atoms with van der Waals surface area (Å²) < 4.78 is 0. The number of carbonyl (C=O) groups excluding carboxylic acids is 2. The van der Waals surface area contributed by atoms with Crippen LogP contribution in [-0.4, -0.2) is 65.9 Å². The van der Waals surface area contributed by atoms with E-state index in [-0.39, 0.29) is 11.3 Å². The molecule has 6 rings (SSSR count). The van der Waals surface area contributed by atoms with Gasteiger partial charge in [0.15, 0.2) is 0 Å². The number of hydrogen-bond donors (Lipinski definition) is 0. The molecule has 2 saturated heterocycles. The van der Waals surface area contributed by atoms with Crippen molar-refractivity contribution in [2.45, 2.75) is 43.4 Å². The topological polar surface area (TPSA) is 56.8 Å². The van der Waals surface area contributed by atoms with Gasteiger partial charge in [0.05, 0.1) is 5.41 Å². The van der Waals surface area contributed by atoms with Gasteiger partial charge in [0.2, 0.25) is 11.8 Å². The Morgan fingerprint density at radius 3 is 2.24 bits per heavy atom. The van der Waals surface area contributed by atoms with E-state index in [9.17, 15) is 9.59 Å². The highest BCUT2D eigenvalue weighted by molar-refractivity contribution is 5.91. The van der Waals surface area contributed by atoms with Crippen LogP contribution in [0.2, 0.25) is 0 Å². The number of amides is 2. The van der Waals surface area contributed by atoms with Crippen LogP contribution in [-0.2, 0) is 15.0 Å². The van der Waals surface area contributed by atoms with Crippen LogP contribution in [0.4, 0.5) is 5.82 Å². The van der Waals surface area contributed by atoms with Gasteiger partial charge in [0.25, 0.3) is 0 Å². The van der Waals surface area contributed by atoms with Crippen LogP contribution in [0.25, 0.3) is 0 Å². The first-order valence-electron chi connectivity index (χ1n) is 12.5. The monoisotopic (exact) mass is 444 g/mol. The Labute approximate surface area is 195 Å². The quantitative estimate of drug-likeness (QED) is 0.711. The first-order valence-corrected chi connectivity index (χ1v) is 12.5. The minimum Gasteiger partial charge on any atom is -0.353 e. The molecule has 172 valence electrons. The van der Waals surface area contributed by atoms with E-state index < -0.39 is 0 Å². The van der Waals surface area contributed by atoms with Gasteiger partial charge >= 0.3 is 0 Å². The van der Waals surface area contributed by atoms with E-state index in [0.29, 0.717) is 17.7 Å². The van der Waals surface area contributed by atoms with E-state index in [4.69, 9.17) is 4.98 Å². The fourth-order valence-electron chi connectivity index (χ4n) is 5.60. The molecule has 6 heteroatoms. The molecule has 2 amide bonds. The van der Waals surface area contributed by atoms with Crippen molar-refractivity contribution in [1.82, 2.24) is 14.8 Å². The first kappa shape index (κ1) is 20.7. The van der Waals surface area contributed by atoms with E-state index in [0.717, 1.165) is 82.8 Å². The molecule has 1 aromatic heterocycles. The summed E-state index contributed by atoms with van der Waals surface area (Å²) >= 11 is 0. The zero-order chi connectivity index (χ0) is 22.4. The first-order chi connectivity index (χ1) is 16.1. The summed E-state index contributed by atoms with van der Waals surface area (Å²) in [4.78, 5) is 36.9. The average molecular weight is 445 g/mol. The number of likely N-dealkylation sites (tertiary alicyclic amines) is 1. The summed E-state index contributed by atoms with van der Waals surface area (Å²) in [6.07, 6.45) is 6.92. The van der Waals surface area contributed by atoms with Crippen LogP contribution >= 0.6 is 0 Å². The highest BCUT2D eigenvalue weighted by Gasteiger charge is 2.54. The lowest BCUT2D eigenvalue weighted by atomic mass is 9.95. The van der Waals surface area contributed by atoms with Crippen LogP contribution < -0.4 is 4.90 Å². The fourth-order valence-corrected chi connectivity index (χ4v) is 5.60. The number of piperazine rings is 1. The summed E-state index contributed by atoms with van der Waals surface area (Å²) in [5.74, 6) is 2.30. The molecule has 0 spiro atoms. The Hall–Kier alpha value is -2.89. The van der Waals surface area contributed by atoms with Crippen molar-refractivity contribution < 1.29 is 9.59 Å². The number of nitrogens with zero attached hydrogens (tertiary/aromatic N) is 4. The Morgan fingerprint density at radius 1 is 0.848 bits per heavy atom. The second-order valence-corrected chi connectivity index (χ2v) is 10.2. The lowest BCUT2D eigenvalue weighted by Crippen LogP contribution is -2.49. The second kappa shape index (κ2) is 8.15. The van der Waals surface area contributed by atoms with Gasteiger partial charge in [-0.15, -0.1) is 0 Å². The standard InChI is InChI=1S/C27H32N4O2/c32-25(21-6-7-21)30-16-14-29(15-17-30)24-9-8-23(18-28-24)27(11-12-27)26(33)31-13-10-22(19-31)20-4-2-1-3-5-20/h1-5,8-9,18,21-22H,6-7,10-17,19H2. The van der Waals surface area contributed by atoms with E-state index in [1.807, 2.05) is 17.2 Å². The molecule has 0 N–H and O–H groups in total. The minimum absolute atomic E-state index is 0.280. The molecule has 2 aliphatic carbocycles. The van der Waals surface area contributed by atoms with Gasteiger partial charge in [-0.2, -0.15) is 0 Å². The smallest absolute Gasteiger partial charge is 0.233 e. The molecule has 4 fully saturated rings. The third-order valence-corrected chi connectivity index (χ3v) is 8.05. The van der Waals surface area contributed by atoms with Crippen LogP contribution in [0.5, 0.6) is 0 Å². The van der Waals surface area contributed by atoms with Gasteiger partial charge < -0.3 is 14.7 Å². The van der Waals surface area contributed by atoms with E-state index >= 15 is 0 Å². The molecule has 0 radical (unpaired) electrons. The Balaban J connectivity index is 1.09. The summed E-state index contributed by atoms with van der Waals surface area (Å²) in [6.45, 7) is 4.86. The van der Waals surface area contributed by atoms with Crippen molar-refractivity contribution in [3.05, 3.63) is 59.8 Å². The highest BCUT2D eigenvalue weighted by Crippen LogP contribution is 2.50. The second-order valence-electron chi connectivity index (χ2n) is 10.2. The van der Waals surface area contributed by atoms with Crippen molar-refractivity contribution in [2.75, 3.05) is 44.2 Å². The van der Waals surface area contributed by atoms with Crippen molar-refractivity contribution >= 4 is 17.6 Å². The number of pyridine rings is 1. The van der Waals surface area contributed by atoms with E-state index in [1.54, 1.807) is 0 Å². The maximum atomic E-state index is 13.5. The normalized spacial score (nSPS) is 24.1. The molecule has 2 aromatic rings. The van der Waals surface area contributed by atoms with Gasteiger partial charge in [-0.1, -0.05) is 36.4 Å². The van der Waals surface area contributed by atoms with Crippen LogP contribution in [0.15, 0.2) is 48.7 Å². The molecule has 1 aromatic carbocycles. The van der Waals surface area contributed by atoms with Crippen molar-refractivity contribution in [3.63, 3.8) is 0 Å². The zero-order valence-electron chi connectivity index (χ0n) is 19.2. The number of hydrogen-bond acceptors (Lipinski definition) is 4. The number of carbonyl (C=O) groups is 2. The van der Waals surface area contributed by atoms with Gasteiger partial charge in [-0.25, -0.2) is 4.98 Å². The van der Waals surface area contributed by atoms with Gasteiger partial charge in [-0.3, -0.25) is 9.59 Å². The zero-order valence-corrected chi connectivity index (χ0v) is 19.2. The molecular weight excluding hydrogens is 412 g/mol. The van der Waals surface area contributed by atoms with Crippen LogP contribution in [0, 0.1) is 5.92 Å². The summed E-state index contributed by atoms with van der Waals surface area (Å²) in [5.41, 5.74) is 2.02. The summed E-state index contributed by atoms with van der Waals surface area (Å²) in [7, 11) is 0. The van der Waals surface area contributed by atoms with E-state index in [2.05, 4.69) is 46.2 Å². The number of anilines is 1. The molecule has 6 nitrogen and oxygen atoms in total. The molecule has 0 bridgehead atoms. The molecule has 2 saturated carbocycles. The third-order valence-electron chi connectivity index (χ3n) is 8.05. The van der Waals surface area contributed by atoms with Gasteiger partial charge in [-0.05, 0) is 49.3 Å². The maximum absolute atomic E-state index is 13.5. The Bertz CT molecular complexity index is 1020. The number of benzene rings is 1. The molecule has 3 heterocycles. The molecule has 4 aliphatic rings. The predicted molar refractivity (Wildman–Crippen MR) is 127 cm³/mol. The van der Waals surface area contributed by atoms with E-state index in [1.165, 1.54) is 5.56 Å². The lowest BCUT2D eigenvalue weighted by Gasteiger charge is -2.35. The maximum Gasteiger partial charge on any atom is 0.233 e. The summed E-state index contributed by atoms with van der Waals surface area (Å²) in [5, 5.41) is 0. The number of rotatable bonds is 5. The van der Waals surface area contributed by atoms with Crippen molar-refractivity contribution in [3.8, 4) is 0 Å². The fraction of sp³-hybridized carbons (Fsp3) is 0.519. The summed E-state index contributed by atoms with van der Waals surface area (Å²) in [6, 6.07) is 14.7. The lowest BCUT2D eigenvalue weighted by molar-refractivity contribution is -0.133. The number of aromatic nitrogens is 1. The SMILES string of the molecule is O=C(C1CC1)N1CCN(c2ccc(C3(C(=O)N4CCC(c5ccccc5)C4)CC3)cn2)CC1. The van der Waals surface area contributed by atoms with Gasteiger partial charge in [0, 0.05) is 57.3 Å². The Kier molecular flexibility index (Phi) is 5.11. The van der Waals surface area contributed by atoms with Crippen molar-refractivity contribution in [1.29, 1.82) is 0 Å². The van der Waals surface area contributed by atoms with Crippen LogP contribution in [0.1, 0.15) is 49.1 Å². The van der Waals surface area contributed by atoms with Crippen LogP contribution in [0.3, 0.4) is 0 Å². The van der Waals surface area contributed by atoms with Crippen molar-refractivity contribution in [2.24, 2.45) is 5.92 Å². The molecule has 1 unspecified atom stereocenters. The molecule has 33 heavy (non-hydrogen) atoms. The largest absolute Gasteiger partial charge is 0.353 e. The molecular formula is C27H32N4O2. The molecule has 2 aliphatic heterocycles. The van der Waals surface area contributed by atoms with Gasteiger partial charge in [0.1, 0.15) is 5.82 Å².